The molecule has 0 fully saturated rings. The minimum absolute atomic E-state index is 0.319. The van der Waals surface area contributed by atoms with E-state index in [1.54, 1.807) is 12.1 Å². The second-order valence-electron chi connectivity index (χ2n) is 4.32. The molecule has 1 aromatic carbocycles. The summed E-state index contributed by atoms with van der Waals surface area (Å²) in [6.45, 7) is 6.36. The van der Waals surface area contributed by atoms with E-state index in [1.165, 1.54) is 13.2 Å². The Morgan fingerprint density at radius 2 is 1.93 bits per heavy atom. The molecule has 1 rings (SSSR count). The lowest BCUT2D eigenvalue weighted by Crippen LogP contribution is -2.16. The molecule has 0 unspecified atom stereocenters. The van der Waals surface area contributed by atoms with Crippen molar-refractivity contribution < 1.29 is 9.13 Å². The van der Waals surface area contributed by atoms with Crippen molar-refractivity contribution in [2.24, 2.45) is 0 Å². The normalized spacial score (nSPS) is 10.5. The number of rotatable bonds is 1. The number of halogens is 1. The Morgan fingerprint density at radius 3 is 2.47 bits per heavy atom. The molecule has 0 aromatic heterocycles. The number of methoxy groups -OCH3 is 1. The van der Waals surface area contributed by atoms with Crippen LogP contribution in [-0.2, 0) is 0 Å². The summed E-state index contributed by atoms with van der Waals surface area (Å²) in [7, 11) is 0.0403. The lowest BCUT2D eigenvalue weighted by Gasteiger charge is -2.06. The zero-order valence-electron chi connectivity index (χ0n) is 9.52. The van der Waals surface area contributed by atoms with Crippen molar-refractivity contribution in [3.8, 4) is 17.2 Å². The Morgan fingerprint density at radius 1 is 1.27 bits per heavy atom. The Kier molecular flexibility index (Phi) is 3.54. The molecule has 0 aliphatic rings. The SMILES string of the molecule is COc1cccc(F)c1C#C[Si](C)(C)C. The average Bonchev–Trinajstić information content (AvgIpc) is 2.14. The van der Waals surface area contributed by atoms with Crippen LogP contribution < -0.4 is 4.74 Å². The van der Waals surface area contributed by atoms with Crippen molar-refractivity contribution in [1.29, 1.82) is 0 Å². The standard InChI is InChI=1S/C12H15FOSi/c1-14-12-7-5-6-11(13)10(12)8-9-15(2,3)4/h5-7H,1-4H3. The fourth-order valence-corrected chi connectivity index (χ4v) is 1.55. The first kappa shape index (κ1) is 11.8. The van der Waals surface area contributed by atoms with Gasteiger partial charge in [0.15, 0.2) is 0 Å². The van der Waals surface area contributed by atoms with Gasteiger partial charge in [0, 0.05) is 0 Å². The van der Waals surface area contributed by atoms with Crippen molar-refractivity contribution in [3.63, 3.8) is 0 Å². The third-order valence-electron chi connectivity index (χ3n) is 1.76. The van der Waals surface area contributed by atoms with Crippen molar-refractivity contribution in [2.75, 3.05) is 7.11 Å². The van der Waals surface area contributed by atoms with Crippen molar-refractivity contribution >= 4 is 8.07 Å². The maximum atomic E-state index is 13.4. The van der Waals surface area contributed by atoms with E-state index >= 15 is 0 Å². The van der Waals surface area contributed by atoms with Crippen LogP contribution in [0.5, 0.6) is 5.75 Å². The number of hydrogen-bond acceptors (Lipinski definition) is 1. The second-order valence-corrected chi connectivity index (χ2v) is 9.07. The smallest absolute Gasteiger partial charge is 0.142 e. The van der Waals surface area contributed by atoms with Crippen molar-refractivity contribution in [3.05, 3.63) is 29.6 Å². The number of hydrogen-bond donors (Lipinski definition) is 0. The molecule has 0 saturated heterocycles. The Labute approximate surface area is 91.3 Å². The van der Waals surface area contributed by atoms with Gasteiger partial charge in [-0.25, -0.2) is 4.39 Å². The summed E-state index contributed by atoms with van der Waals surface area (Å²) in [5, 5.41) is 0. The molecule has 0 saturated carbocycles. The zero-order valence-corrected chi connectivity index (χ0v) is 10.5. The van der Waals surface area contributed by atoms with Gasteiger partial charge in [-0.3, -0.25) is 0 Å². The third kappa shape index (κ3) is 3.41. The summed E-state index contributed by atoms with van der Waals surface area (Å²) in [5.74, 6) is 3.07. The minimum atomic E-state index is -1.48. The average molecular weight is 222 g/mol. The molecule has 0 radical (unpaired) electrons. The molecule has 0 amide bonds. The van der Waals surface area contributed by atoms with Crippen LogP contribution in [0.4, 0.5) is 4.39 Å². The van der Waals surface area contributed by atoms with Gasteiger partial charge in [0.2, 0.25) is 0 Å². The molecule has 80 valence electrons. The number of ether oxygens (including phenoxy) is 1. The van der Waals surface area contributed by atoms with E-state index in [-0.39, 0.29) is 5.82 Å². The highest BCUT2D eigenvalue weighted by atomic mass is 28.3. The van der Waals surface area contributed by atoms with E-state index in [2.05, 4.69) is 31.1 Å². The lowest BCUT2D eigenvalue weighted by atomic mass is 10.2. The highest BCUT2D eigenvalue weighted by Gasteiger charge is 2.10. The van der Waals surface area contributed by atoms with Crippen LogP contribution in [0.3, 0.4) is 0 Å². The van der Waals surface area contributed by atoms with Gasteiger partial charge in [0.05, 0.1) is 7.11 Å². The highest BCUT2D eigenvalue weighted by Crippen LogP contribution is 2.19. The van der Waals surface area contributed by atoms with Gasteiger partial charge < -0.3 is 4.74 Å². The van der Waals surface area contributed by atoms with Gasteiger partial charge >= 0.3 is 0 Å². The summed E-state index contributed by atoms with van der Waals surface area (Å²) in [6, 6.07) is 4.74. The molecule has 0 aliphatic carbocycles. The van der Waals surface area contributed by atoms with Crippen LogP contribution in [-0.4, -0.2) is 15.2 Å². The van der Waals surface area contributed by atoms with Crippen LogP contribution in [0.25, 0.3) is 0 Å². The van der Waals surface area contributed by atoms with Crippen LogP contribution in [0.1, 0.15) is 5.56 Å². The van der Waals surface area contributed by atoms with Crippen molar-refractivity contribution in [1.82, 2.24) is 0 Å². The van der Waals surface area contributed by atoms with Crippen LogP contribution in [0, 0.1) is 17.3 Å². The van der Waals surface area contributed by atoms with Gasteiger partial charge in [-0.2, -0.15) is 0 Å². The molecule has 15 heavy (non-hydrogen) atoms. The summed E-state index contributed by atoms with van der Waals surface area (Å²) in [5.41, 5.74) is 3.49. The summed E-state index contributed by atoms with van der Waals surface area (Å²) >= 11 is 0. The minimum Gasteiger partial charge on any atom is -0.495 e. The molecule has 1 nitrogen and oxygen atoms in total. The Bertz CT molecular complexity index is 410. The van der Waals surface area contributed by atoms with Gasteiger partial charge in [-0.15, -0.1) is 5.54 Å². The quantitative estimate of drug-likeness (QED) is 0.524. The van der Waals surface area contributed by atoms with E-state index < -0.39 is 8.07 Å². The topological polar surface area (TPSA) is 9.23 Å². The third-order valence-corrected chi connectivity index (χ3v) is 2.63. The maximum absolute atomic E-state index is 13.4. The molecular weight excluding hydrogens is 207 g/mol. The van der Waals surface area contributed by atoms with Crippen LogP contribution in [0.2, 0.25) is 19.6 Å². The predicted molar refractivity (Wildman–Crippen MR) is 63.2 cm³/mol. The molecule has 0 aliphatic heterocycles. The Hall–Kier alpha value is -1.27. The second kappa shape index (κ2) is 4.50. The molecule has 0 N–H and O–H groups in total. The fourth-order valence-electron chi connectivity index (χ4n) is 1.05. The van der Waals surface area contributed by atoms with Gasteiger partial charge in [0.25, 0.3) is 0 Å². The van der Waals surface area contributed by atoms with Gasteiger partial charge in [-0.1, -0.05) is 31.6 Å². The number of benzene rings is 1. The molecule has 3 heteroatoms. The van der Waals surface area contributed by atoms with E-state index in [4.69, 9.17) is 4.74 Å². The van der Waals surface area contributed by atoms with E-state index in [9.17, 15) is 4.39 Å². The monoisotopic (exact) mass is 222 g/mol. The molecule has 0 heterocycles. The summed E-state index contributed by atoms with van der Waals surface area (Å²) < 4.78 is 18.5. The first-order valence-corrected chi connectivity index (χ1v) is 8.30. The first-order valence-electron chi connectivity index (χ1n) is 4.80. The largest absolute Gasteiger partial charge is 0.495 e. The molecule has 1 aromatic rings. The van der Waals surface area contributed by atoms with E-state index in [0.717, 1.165) is 0 Å². The van der Waals surface area contributed by atoms with Gasteiger partial charge in [-0.05, 0) is 12.1 Å². The fraction of sp³-hybridized carbons (Fsp3) is 0.333. The maximum Gasteiger partial charge on any atom is 0.142 e. The zero-order chi connectivity index (χ0) is 11.5. The predicted octanol–water partition coefficient (Wildman–Crippen LogP) is 3.06. The molecular formula is C12H15FOSi. The molecule has 0 atom stereocenters. The molecule has 0 spiro atoms. The molecule has 0 bridgehead atoms. The van der Waals surface area contributed by atoms with Gasteiger partial charge in [0.1, 0.15) is 25.2 Å². The van der Waals surface area contributed by atoms with E-state index in [0.29, 0.717) is 11.3 Å². The van der Waals surface area contributed by atoms with Crippen LogP contribution in [0.15, 0.2) is 18.2 Å². The Balaban J connectivity index is 3.17. The highest BCUT2D eigenvalue weighted by molar-refractivity contribution is 6.83. The lowest BCUT2D eigenvalue weighted by molar-refractivity contribution is 0.409. The summed E-state index contributed by atoms with van der Waals surface area (Å²) in [4.78, 5) is 0. The van der Waals surface area contributed by atoms with E-state index in [1.807, 2.05) is 0 Å². The first-order chi connectivity index (χ1) is 6.94. The summed E-state index contributed by atoms with van der Waals surface area (Å²) in [6.07, 6.45) is 0. The van der Waals surface area contributed by atoms with Crippen LogP contribution >= 0.6 is 0 Å². The van der Waals surface area contributed by atoms with Crippen molar-refractivity contribution in [2.45, 2.75) is 19.6 Å².